The first-order valence-electron chi connectivity index (χ1n) is 11.1. The van der Waals surface area contributed by atoms with Gasteiger partial charge in [0.1, 0.15) is 23.9 Å². The maximum Gasteiger partial charge on any atom is 0.250 e. The summed E-state index contributed by atoms with van der Waals surface area (Å²) in [6.45, 7) is 5.92. The Morgan fingerprint density at radius 1 is 1.24 bits per heavy atom. The largest absolute Gasteiger partial charge is 0.496 e. The average molecular weight is 467 g/mol. The highest BCUT2D eigenvalue weighted by molar-refractivity contribution is 6.33. The van der Waals surface area contributed by atoms with Crippen molar-refractivity contribution >= 4 is 23.2 Å². The van der Waals surface area contributed by atoms with Crippen LogP contribution < -0.4 is 9.64 Å². The van der Waals surface area contributed by atoms with Crippen molar-refractivity contribution in [1.82, 2.24) is 14.8 Å². The first kappa shape index (κ1) is 23.1. The molecular weight excluding hydrogens is 439 g/mol. The highest BCUT2D eigenvalue weighted by Gasteiger charge is 2.34. The molecule has 1 aliphatic rings. The molecule has 0 spiro atoms. The van der Waals surface area contributed by atoms with Crippen molar-refractivity contribution in [2.24, 2.45) is 5.92 Å². The maximum atomic E-state index is 14.7. The second-order valence-corrected chi connectivity index (χ2v) is 9.07. The summed E-state index contributed by atoms with van der Waals surface area (Å²) in [5, 5.41) is 5.22. The number of ether oxygens (including phenoxy) is 1. The van der Waals surface area contributed by atoms with Crippen molar-refractivity contribution < 1.29 is 9.13 Å². The van der Waals surface area contributed by atoms with Gasteiger partial charge >= 0.3 is 0 Å². The molecule has 3 aromatic rings. The van der Waals surface area contributed by atoms with E-state index in [1.807, 2.05) is 36.9 Å². The maximum absolute atomic E-state index is 14.7. The summed E-state index contributed by atoms with van der Waals surface area (Å²) in [5.74, 6) is 4.84. The number of anilines is 2. The van der Waals surface area contributed by atoms with Crippen molar-refractivity contribution in [3.63, 3.8) is 0 Å². The summed E-state index contributed by atoms with van der Waals surface area (Å²) < 4.78 is 21.8. The number of methoxy groups -OCH3 is 1. The predicted octanol–water partition coefficient (Wildman–Crippen LogP) is 6.32. The summed E-state index contributed by atoms with van der Waals surface area (Å²) >= 11 is 6.78. The van der Waals surface area contributed by atoms with E-state index in [2.05, 4.69) is 5.92 Å². The molecule has 1 aromatic heterocycles. The summed E-state index contributed by atoms with van der Waals surface area (Å²) in [4.78, 5) is 6.76. The number of aromatic nitrogens is 3. The Balaban J connectivity index is 1.91. The SMILES string of the molecule is C#CCn1nc(N(c2cc(C)c(OC)cc2Cl)[C@@H](CC2CC2)c2ccc(C)c(F)c2)nc1C. The number of hydrogen-bond acceptors (Lipinski definition) is 4. The zero-order chi connectivity index (χ0) is 23.7. The van der Waals surface area contributed by atoms with E-state index >= 15 is 0 Å². The van der Waals surface area contributed by atoms with Crippen molar-refractivity contribution in [2.45, 2.75) is 52.6 Å². The van der Waals surface area contributed by atoms with Crippen LogP contribution in [0, 0.1) is 44.9 Å². The van der Waals surface area contributed by atoms with E-state index < -0.39 is 0 Å². The monoisotopic (exact) mass is 466 g/mol. The van der Waals surface area contributed by atoms with Crippen LogP contribution in [-0.2, 0) is 6.54 Å². The number of rotatable bonds is 8. The molecule has 33 heavy (non-hydrogen) atoms. The fraction of sp³-hybridized carbons (Fsp3) is 0.385. The van der Waals surface area contributed by atoms with Gasteiger partial charge in [0.05, 0.1) is 23.9 Å². The Kier molecular flexibility index (Phi) is 6.62. The van der Waals surface area contributed by atoms with Crippen LogP contribution in [0.1, 0.15) is 47.8 Å². The van der Waals surface area contributed by atoms with Crippen LogP contribution in [0.3, 0.4) is 0 Å². The number of benzene rings is 2. The van der Waals surface area contributed by atoms with Crippen LogP contribution in [0.2, 0.25) is 5.02 Å². The molecule has 0 bridgehead atoms. The molecule has 4 rings (SSSR count). The molecule has 1 atom stereocenters. The Labute approximate surface area is 199 Å². The van der Waals surface area contributed by atoms with E-state index in [9.17, 15) is 4.39 Å². The smallest absolute Gasteiger partial charge is 0.250 e. The topological polar surface area (TPSA) is 43.2 Å². The molecule has 1 saturated carbocycles. The molecule has 2 aromatic carbocycles. The van der Waals surface area contributed by atoms with Gasteiger partial charge in [-0.15, -0.1) is 11.5 Å². The summed E-state index contributed by atoms with van der Waals surface area (Å²) in [5.41, 5.74) is 3.16. The molecule has 0 aliphatic heterocycles. The molecule has 0 radical (unpaired) electrons. The molecule has 0 amide bonds. The summed E-state index contributed by atoms with van der Waals surface area (Å²) in [7, 11) is 1.62. The first-order valence-corrected chi connectivity index (χ1v) is 11.4. The Morgan fingerprint density at radius 3 is 2.64 bits per heavy atom. The zero-order valence-corrected chi connectivity index (χ0v) is 20.2. The summed E-state index contributed by atoms with van der Waals surface area (Å²) in [6, 6.07) is 8.99. The minimum Gasteiger partial charge on any atom is -0.496 e. The van der Waals surface area contributed by atoms with E-state index in [1.165, 1.54) is 0 Å². The fourth-order valence-electron chi connectivity index (χ4n) is 4.09. The van der Waals surface area contributed by atoms with Gasteiger partial charge in [0, 0.05) is 6.07 Å². The normalized spacial score (nSPS) is 14.1. The molecule has 5 nitrogen and oxygen atoms in total. The third-order valence-electron chi connectivity index (χ3n) is 6.17. The van der Waals surface area contributed by atoms with Gasteiger partial charge in [0.2, 0.25) is 5.95 Å². The highest BCUT2D eigenvalue weighted by Crippen LogP contribution is 2.46. The number of terminal acetylenes is 1. The molecule has 0 N–H and O–H groups in total. The number of hydrogen-bond donors (Lipinski definition) is 0. The number of aryl methyl sites for hydroxylation is 3. The first-order chi connectivity index (χ1) is 15.8. The van der Waals surface area contributed by atoms with Gasteiger partial charge < -0.3 is 9.64 Å². The Morgan fingerprint density at radius 2 is 2.00 bits per heavy atom. The highest BCUT2D eigenvalue weighted by atomic mass is 35.5. The van der Waals surface area contributed by atoms with Crippen molar-refractivity contribution in [3.05, 3.63) is 63.7 Å². The molecule has 1 aliphatic carbocycles. The van der Waals surface area contributed by atoms with Crippen molar-refractivity contribution in [1.29, 1.82) is 0 Å². The standard InChI is InChI=1S/C26H28ClFN4O/c1-6-11-31-18(4)29-26(30-31)32(24-12-17(3)25(33-5)15-21(24)27)23(13-19-8-9-19)20-10-7-16(2)22(28)14-20/h1,7,10,12,14-15,19,23H,8-9,11,13H2,2-5H3/t23-/m0/s1. The van der Waals surface area contributed by atoms with Gasteiger partial charge in [-0.05, 0) is 61.9 Å². The van der Waals surface area contributed by atoms with E-state index in [0.717, 1.165) is 36.1 Å². The minimum atomic E-state index is -0.229. The third kappa shape index (κ3) is 4.84. The second kappa shape index (κ2) is 9.44. The summed E-state index contributed by atoms with van der Waals surface area (Å²) in [6.07, 6.45) is 8.69. The minimum absolute atomic E-state index is 0.195. The van der Waals surface area contributed by atoms with Crippen LogP contribution in [0.5, 0.6) is 5.75 Å². The van der Waals surface area contributed by atoms with Crippen molar-refractivity contribution in [3.8, 4) is 18.1 Å². The van der Waals surface area contributed by atoms with E-state index in [4.69, 9.17) is 32.8 Å². The van der Waals surface area contributed by atoms with Gasteiger partial charge in [-0.1, -0.05) is 42.5 Å². The lowest BCUT2D eigenvalue weighted by atomic mass is 9.97. The lowest BCUT2D eigenvalue weighted by Gasteiger charge is -2.33. The predicted molar refractivity (Wildman–Crippen MR) is 130 cm³/mol. The van der Waals surface area contributed by atoms with E-state index in [-0.39, 0.29) is 11.9 Å². The van der Waals surface area contributed by atoms with Crippen LogP contribution in [0.25, 0.3) is 0 Å². The zero-order valence-electron chi connectivity index (χ0n) is 19.4. The fourth-order valence-corrected chi connectivity index (χ4v) is 4.33. The number of halogens is 2. The third-order valence-corrected chi connectivity index (χ3v) is 6.47. The van der Waals surface area contributed by atoms with Crippen LogP contribution in [-0.4, -0.2) is 21.9 Å². The van der Waals surface area contributed by atoms with Crippen molar-refractivity contribution in [2.75, 3.05) is 12.0 Å². The number of nitrogens with zero attached hydrogens (tertiary/aromatic N) is 4. The molecule has 1 fully saturated rings. The van der Waals surface area contributed by atoms with E-state index in [0.29, 0.717) is 40.6 Å². The molecule has 172 valence electrons. The molecule has 0 saturated heterocycles. The van der Waals surface area contributed by atoms with Gasteiger partial charge in [-0.2, -0.15) is 4.98 Å². The van der Waals surface area contributed by atoms with Gasteiger partial charge in [-0.25, -0.2) is 9.07 Å². The van der Waals surface area contributed by atoms with Gasteiger partial charge in [0.15, 0.2) is 0 Å². The van der Waals surface area contributed by atoms with Gasteiger partial charge in [-0.3, -0.25) is 0 Å². The van der Waals surface area contributed by atoms with Crippen LogP contribution in [0.4, 0.5) is 16.0 Å². The van der Waals surface area contributed by atoms with E-state index in [1.54, 1.807) is 30.8 Å². The van der Waals surface area contributed by atoms with Gasteiger partial charge in [0.25, 0.3) is 0 Å². The molecular formula is C26H28ClFN4O. The van der Waals surface area contributed by atoms with Crippen LogP contribution >= 0.6 is 11.6 Å². The quantitative estimate of drug-likeness (QED) is 0.364. The lowest BCUT2D eigenvalue weighted by molar-refractivity contribution is 0.411. The average Bonchev–Trinajstić information content (AvgIpc) is 3.54. The lowest BCUT2D eigenvalue weighted by Crippen LogP contribution is -2.26. The molecule has 7 heteroatoms. The molecule has 1 heterocycles. The second-order valence-electron chi connectivity index (χ2n) is 8.67. The van der Waals surface area contributed by atoms with Crippen LogP contribution in [0.15, 0.2) is 30.3 Å². The Bertz CT molecular complexity index is 1210. The Hall–Kier alpha value is -3.04. The molecule has 0 unspecified atom stereocenters.